The third-order valence-electron chi connectivity index (χ3n) is 4.93. The highest BCUT2D eigenvalue weighted by Gasteiger charge is 2.32. The normalized spacial score (nSPS) is 15.6. The van der Waals surface area contributed by atoms with Crippen molar-refractivity contribution in [2.24, 2.45) is 0 Å². The summed E-state index contributed by atoms with van der Waals surface area (Å²) in [7, 11) is 0. The van der Waals surface area contributed by atoms with Gasteiger partial charge in [-0.05, 0) is 48.4 Å². The van der Waals surface area contributed by atoms with Gasteiger partial charge in [-0.3, -0.25) is 9.59 Å². The smallest absolute Gasteiger partial charge is 0.348 e. The summed E-state index contributed by atoms with van der Waals surface area (Å²) in [5.41, 5.74) is -0.411. The van der Waals surface area contributed by atoms with Gasteiger partial charge in [0.15, 0.2) is 0 Å². The molecule has 4 nitrogen and oxygen atoms in total. The van der Waals surface area contributed by atoms with Gasteiger partial charge in [-0.2, -0.15) is 13.2 Å². The Bertz CT molecular complexity index is 837. The van der Waals surface area contributed by atoms with E-state index in [-0.39, 0.29) is 24.8 Å². The van der Waals surface area contributed by atoms with Crippen LogP contribution in [0.5, 0.6) is 0 Å². The molecule has 1 aromatic heterocycles. The standard InChI is InChI=1S/C21H23F3N2O2S/c22-21(23,24)16-6-1-5-15(13-16)18(14-26-11-3-10-20(26)28)25-19(27)9-2-7-17-8-4-12-29-17/h1,4-6,8,12-13,18H,2-3,7,9-11,14H2,(H,25,27). The van der Waals surface area contributed by atoms with Crippen LogP contribution in [0, 0.1) is 0 Å². The summed E-state index contributed by atoms with van der Waals surface area (Å²) in [4.78, 5) is 27.2. The van der Waals surface area contributed by atoms with Crippen molar-refractivity contribution in [2.45, 2.75) is 44.3 Å². The Morgan fingerprint density at radius 2 is 2.07 bits per heavy atom. The summed E-state index contributed by atoms with van der Waals surface area (Å²) in [5.74, 6) is -0.260. The molecule has 1 aliphatic heterocycles. The zero-order chi connectivity index (χ0) is 20.9. The highest BCUT2D eigenvalue weighted by molar-refractivity contribution is 7.09. The molecule has 0 bridgehead atoms. The average Bonchev–Trinajstić information content (AvgIpc) is 3.33. The molecule has 1 saturated heterocycles. The first kappa shape index (κ1) is 21.4. The molecule has 0 saturated carbocycles. The predicted octanol–water partition coefficient (Wildman–Crippen LogP) is 4.57. The molecule has 0 aliphatic carbocycles. The Labute approximate surface area is 171 Å². The number of carbonyl (C=O) groups is 2. The van der Waals surface area contributed by atoms with Gasteiger partial charge >= 0.3 is 6.18 Å². The first-order valence-electron chi connectivity index (χ1n) is 9.59. The maximum atomic E-state index is 13.1. The largest absolute Gasteiger partial charge is 0.416 e. The van der Waals surface area contributed by atoms with Crippen molar-refractivity contribution in [1.29, 1.82) is 0 Å². The number of amides is 2. The van der Waals surface area contributed by atoms with Gasteiger partial charge in [0, 0.05) is 30.8 Å². The maximum Gasteiger partial charge on any atom is 0.416 e. The number of carbonyl (C=O) groups excluding carboxylic acids is 2. The van der Waals surface area contributed by atoms with Crippen LogP contribution in [0.15, 0.2) is 41.8 Å². The van der Waals surface area contributed by atoms with Crippen LogP contribution >= 0.6 is 11.3 Å². The Hall–Kier alpha value is -2.35. The van der Waals surface area contributed by atoms with Crippen LogP contribution in [-0.2, 0) is 22.2 Å². The molecule has 156 valence electrons. The number of hydrogen-bond donors (Lipinski definition) is 1. The Morgan fingerprint density at radius 1 is 1.24 bits per heavy atom. The van der Waals surface area contributed by atoms with E-state index in [1.165, 1.54) is 10.9 Å². The first-order valence-corrected chi connectivity index (χ1v) is 10.5. The van der Waals surface area contributed by atoms with Crippen molar-refractivity contribution >= 4 is 23.2 Å². The van der Waals surface area contributed by atoms with Gasteiger partial charge < -0.3 is 10.2 Å². The van der Waals surface area contributed by atoms with Crippen LogP contribution in [0.1, 0.15) is 47.7 Å². The second-order valence-corrected chi connectivity index (χ2v) is 8.15. The molecular weight excluding hydrogens is 401 g/mol. The molecule has 1 fully saturated rings. The third-order valence-corrected chi connectivity index (χ3v) is 5.87. The second kappa shape index (κ2) is 9.43. The summed E-state index contributed by atoms with van der Waals surface area (Å²) in [6.07, 6.45) is -1.59. The van der Waals surface area contributed by atoms with Gasteiger partial charge in [0.1, 0.15) is 0 Å². The molecule has 0 spiro atoms. The Balaban J connectivity index is 1.69. The number of aryl methyl sites for hydroxylation is 1. The van der Waals surface area contributed by atoms with Crippen LogP contribution in [0.25, 0.3) is 0 Å². The quantitative estimate of drug-likeness (QED) is 0.675. The molecule has 2 amide bonds. The van der Waals surface area contributed by atoms with Crippen LogP contribution < -0.4 is 5.32 Å². The lowest BCUT2D eigenvalue weighted by Crippen LogP contribution is -2.38. The number of nitrogens with zero attached hydrogens (tertiary/aromatic N) is 1. The van der Waals surface area contributed by atoms with E-state index in [2.05, 4.69) is 5.32 Å². The molecule has 1 N–H and O–H groups in total. The van der Waals surface area contributed by atoms with Gasteiger partial charge in [0.2, 0.25) is 11.8 Å². The zero-order valence-corrected chi connectivity index (χ0v) is 16.7. The molecule has 2 aromatic rings. The molecule has 8 heteroatoms. The highest BCUT2D eigenvalue weighted by Crippen LogP contribution is 2.31. The third kappa shape index (κ3) is 6.06. The summed E-state index contributed by atoms with van der Waals surface area (Å²) in [5, 5.41) is 4.82. The average molecular weight is 424 g/mol. The fraction of sp³-hybridized carbons (Fsp3) is 0.429. The maximum absolute atomic E-state index is 13.1. The minimum Gasteiger partial charge on any atom is -0.348 e. The minimum atomic E-state index is -4.46. The van der Waals surface area contributed by atoms with Crippen LogP contribution in [-0.4, -0.2) is 29.8 Å². The molecule has 1 aliphatic rings. The van der Waals surface area contributed by atoms with Crippen LogP contribution in [0.3, 0.4) is 0 Å². The Morgan fingerprint density at radius 3 is 2.72 bits per heavy atom. The number of hydrogen-bond acceptors (Lipinski definition) is 3. The summed E-state index contributed by atoms with van der Waals surface area (Å²) in [6, 6.07) is 8.24. The van der Waals surface area contributed by atoms with E-state index in [4.69, 9.17) is 0 Å². The van der Waals surface area contributed by atoms with E-state index in [0.717, 1.165) is 25.0 Å². The topological polar surface area (TPSA) is 49.4 Å². The van der Waals surface area contributed by atoms with Gasteiger partial charge in [-0.1, -0.05) is 18.2 Å². The monoisotopic (exact) mass is 424 g/mol. The summed E-state index contributed by atoms with van der Waals surface area (Å²) in [6.45, 7) is 0.735. The highest BCUT2D eigenvalue weighted by atomic mass is 32.1. The van der Waals surface area contributed by atoms with Crippen molar-refractivity contribution in [3.8, 4) is 0 Å². The fourth-order valence-electron chi connectivity index (χ4n) is 3.43. The summed E-state index contributed by atoms with van der Waals surface area (Å²) >= 11 is 1.63. The molecule has 2 heterocycles. The first-order chi connectivity index (χ1) is 13.8. The van der Waals surface area contributed by atoms with Crippen LogP contribution in [0.4, 0.5) is 13.2 Å². The number of nitrogens with one attached hydrogen (secondary N) is 1. The van der Waals surface area contributed by atoms with E-state index in [1.54, 1.807) is 22.3 Å². The van der Waals surface area contributed by atoms with Gasteiger partial charge in [0.05, 0.1) is 11.6 Å². The zero-order valence-electron chi connectivity index (χ0n) is 15.9. The van der Waals surface area contributed by atoms with Crippen molar-refractivity contribution in [3.05, 3.63) is 57.8 Å². The van der Waals surface area contributed by atoms with Crippen molar-refractivity contribution in [2.75, 3.05) is 13.1 Å². The van der Waals surface area contributed by atoms with E-state index >= 15 is 0 Å². The lowest BCUT2D eigenvalue weighted by atomic mass is 10.0. The van der Waals surface area contributed by atoms with E-state index in [1.807, 2.05) is 17.5 Å². The van der Waals surface area contributed by atoms with Crippen LogP contribution in [0.2, 0.25) is 0 Å². The fourth-order valence-corrected chi connectivity index (χ4v) is 4.18. The molecule has 1 atom stereocenters. The number of thiophene rings is 1. The number of likely N-dealkylation sites (tertiary alicyclic amines) is 1. The van der Waals surface area contributed by atoms with Crippen molar-refractivity contribution < 1.29 is 22.8 Å². The van der Waals surface area contributed by atoms with Gasteiger partial charge in [-0.25, -0.2) is 0 Å². The number of halogens is 3. The van der Waals surface area contributed by atoms with E-state index < -0.39 is 17.8 Å². The lowest BCUT2D eigenvalue weighted by molar-refractivity contribution is -0.137. The minimum absolute atomic E-state index is 0.0334. The molecule has 0 radical (unpaired) electrons. The number of benzene rings is 1. The van der Waals surface area contributed by atoms with Crippen molar-refractivity contribution in [1.82, 2.24) is 10.2 Å². The molecule has 1 unspecified atom stereocenters. The molecule has 29 heavy (non-hydrogen) atoms. The predicted molar refractivity (Wildman–Crippen MR) is 105 cm³/mol. The number of alkyl halides is 3. The molecule has 1 aromatic carbocycles. The van der Waals surface area contributed by atoms with E-state index in [0.29, 0.717) is 24.9 Å². The number of rotatable bonds is 8. The summed E-state index contributed by atoms with van der Waals surface area (Å²) < 4.78 is 39.3. The SMILES string of the molecule is O=C(CCCc1cccs1)NC(CN1CCCC1=O)c1cccc(C(F)(F)F)c1. The molecule has 3 rings (SSSR count). The van der Waals surface area contributed by atoms with E-state index in [9.17, 15) is 22.8 Å². The van der Waals surface area contributed by atoms with Gasteiger partial charge in [-0.15, -0.1) is 11.3 Å². The Kier molecular flexibility index (Phi) is 6.95. The van der Waals surface area contributed by atoms with Crippen molar-refractivity contribution in [3.63, 3.8) is 0 Å². The lowest BCUT2D eigenvalue weighted by Gasteiger charge is -2.26. The second-order valence-electron chi connectivity index (χ2n) is 7.12. The van der Waals surface area contributed by atoms with Gasteiger partial charge in [0.25, 0.3) is 0 Å². The molecular formula is C21H23F3N2O2S.